The summed E-state index contributed by atoms with van der Waals surface area (Å²) >= 11 is 0. The Morgan fingerprint density at radius 3 is 2.79 bits per heavy atom. The quantitative estimate of drug-likeness (QED) is 0.347. The third kappa shape index (κ3) is 2.20. The first-order chi connectivity index (χ1) is 11.3. The van der Waals surface area contributed by atoms with E-state index in [1.54, 1.807) is 5.48 Å². The van der Waals surface area contributed by atoms with Crippen molar-refractivity contribution in [2.75, 3.05) is 12.1 Å². The summed E-state index contributed by atoms with van der Waals surface area (Å²) in [6.07, 6.45) is -1.61. The van der Waals surface area contributed by atoms with Crippen LogP contribution >= 0.6 is 0 Å². The molecule has 0 bridgehead atoms. The Morgan fingerprint density at radius 2 is 2.25 bits per heavy atom. The zero-order valence-corrected chi connectivity index (χ0v) is 12.4. The molecule has 3 heterocycles. The van der Waals surface area contributed by atoms with Crippen LogP contribution in [-0.4, -0.2) is 64.4 Å². The lowest BCUT2D eigenvalue weighted by molar-refractivity contribution is -0.383. The standard InChI is InChI=1S/C12H15N5O7/c1-12(20)8(19)6(3-18)24-11(12)16-2-5(17(22)23)7-9(15-21)13-4-14-10(7)16/h2,4,6,8,11,18-21H,3H2,1H3,(H,13,14,15)/t6-,8-,11-,12-/m1/s1. The molecule has 24 heavy (non-hydrogen) atoms. The zero-order valence-electron chi connectivity index (χ0n) is 12.4. The third-order valence-electron chi connectivity index (χ3n) is 4.08. The number of ether oxygens (including phenoxy) is 1. The predicted octanol–water partition coefficient (Wildman–Crippen LogP) is -0.858. The normalized spacial score (nSPS) is 30.0. The van der Waals surface area contributed by atoms with Crippen molar-refractivity contribution < 1.29 is 30.2 Å². The largest absolute Gasteiger partial charge is 0.394 e. The zero-order chi connectivity index (χ0) is 17.6. The van der Waals surface area contributed by atoms with Crippen molar-refractivity contribution in [1.82, 2.24) is 14.5 Å². The van der Waals surface area contributed by atoms with Crippen LogP contribution in [0.15, 0.2) is 12.5 Å². The Bertz CT molecular complexity index is 791. The summed E-state index contributed by atoms with van der Waals surface area (Å²) in [5.41, 5.74) is -0.509. The van der Waals surface area contributed by atoms with Crippen LogP contribution < -0.4 is 5.48 Å². The van der Waals surface area contributed by atoms with E-state index in [1.807, 2.05) is 0 Å². The van der Waals surface area contributed by atoms with Crippen LogP contribution in [0.4, 0.5) is 11.5 Å². The number of aromatic nitrogens is 3. The highest BCUT2D eigenvalue weighted by Crippen LogP contribution is 2.42. The van der Waals surface area contributed by atoms with Crippen LogP contribution in [0, 0.1) is 10.1 Å². The van der Waals surface area contributed by atoms with Gasteiger partial charge in [0.15, 0.2) is 17.7 Å². The Morgan fingerprint density at radius 1 is 1.54 bits per heavy atom. The van der Waals surface area contributed by atoms with E-state index >= 15 is 0 Å². The Kier molecular flexibility index (Phi) is 3.85. The summed E-state index contributed by atoms with van der Waals surface area (Å²) in [6.45, 7) is 0.732. The van der Waals surface area contributed by atoms with E-state index in [2.05, 4.69) is 9.97 Å². The molecule has 1 fully saturated rings. The molecule has 12 heteroatoms. The van der Waals surface area contributed by atoms with E-state index < -0.39 is 41.3 Å². The Balaban J connectivity index is 2.23. The summed E-state index contributed by atoms with van der Waals surface area (Å²) in [7, 11) is 0. The number of aliphatic hydroxyl groups excluding tert-OH is 2. The van der Waals surface area contributed by atoms with Crippen molar-refractivity contribution in [1.29, 1.82) is 0 Å². The predicted molar refractivity (Wildman–Crippen MR) is 77.2 cm³/mol. The van der Waals surface area contributed by atoms with Gasteiger partial charge >= 0.3 is 0 Å². The lowest BCUT2D eigenvalue weighted by Crippen LogP contribution is -2.44. The number of hydrogen-bond acceptors (Lipinski definition) is 10. The number of nitrogens with zero attached hydrogens (tertiary/aromatic N) is 4. The van der Waals surface area contributed by atoms with Gasteiger partial charge in [-0.25, -0.2) is 9.97 Å². The molecule has 0 unspecified atom stereocenters. The van der Waals surface area contributed by atoms with Crippen molar-refractivity contribution in [2.45, 2.75) is 31.0 Å². The SMILES string of the molecule is C[C@@]1(O)[C@H](O)[C@@H](CO)O[C@H]1n1cc([N+](=O)[O-])c2c(NO)ncnc21. The van der Waals surface area contributed by atoms with Gasteiger partial charge in [-0.2, -0.15) is 0 Å². The smallest absolute Gasteiger partial charge is 0.300 e. The number of anilines is 1. The Labute approximate surface area is 134 Å². The summed E-state index contributed by atoms with van der Waals surface area (Å²) in [5, 5.41) is 50.2. The highest BCUT2D eigenvalue weighted by molar-refractivity contribution is 5.95. The molecule has 0 aliphatic carbocycles. The van der Waals surface area contributed by atoms with Crippen molar-refractivity contribution in [2.24, 2.45) is 0 Å². The van der Waals surface area contributed by atoms with E-state index in [0.717, 1.165) is 17.1 Å². The molecular weight excluding hydrogens is 326 g/mol. The first-order valence-electron chi connectivity index (χ1n) is 6.89. The van der Waals surface area contributed by atoms with Gasteiger partial charge in [0.05, 0.1) is 17.7 Å². The molecule has 0 spiro atoms. The van der Waals surface area contributed by atoms with Gasteiger partial charge in [0.2, 0.25) is 0 Å². The van der Waals surface area contributed by atoms with E-state index in [1.165, 1.54) is 6.92 Å². The van der Waals surface area contributed by atoms with Crippen LogP contribution in [0.2, 0.25) is 0 Å². The Hall–Kier alpha value is -2.38. The second kappa shape index (κ2) is 5.61. The molecule has 2 aromatic rings. The minimum absolute atomic E-state index is 0.00400. The van der Waals surface area contributed by atoms with Crippen molar-refractivity contribution in [3.8, 4) is 0 Å². The topological polar surface area (TPSA) is 176 Å². The molecule has 0 radical (unpaired) electrons. The summed E-state index contributed by atoms with van der Waals surface area (Å²) in [5.74, 6) is -0.192. The number of nitrogens with one attached hydrogen (secondary N) is 1. The van der Waals surface area contributed by atoms with Crippen LogP contribution in [0.5, 0.6) is 0 Å². The molecule has 12 nitrogen and oxygen atoms in total. The first kappa shape index (κ1) is 16.5. The monoisotopic (exact) mass is 341 g/mol. The number of hydrogen-bond donors (Lipinski definition) is 5. The maximum atomic E-state index is 11.3. The average molecular weight is 341 g/mol. The van der Waals surface area contributed by atoms with Gasteiger partial charge in [-0.1, -0.05) is 0 Å². The van der Waals surface area contributed by atoms with Crippen molar-refractivity contribution >= 4 is 22.5 Å². The van der Waals surface area contributed by atoms with E-state index in [4.69, 9.17) is 9.94 Å². The number of fused-ring (bicyclic) bond motifs is 1. The van der Waals surface area contributed by atoms with Gasteiger partial charge in [-0.05, 0) is 6.92 Å². The summed E-state index contributed by atoms with van der Waals surface area (Å²) in [6, 6.07) is 0. The lowest BCUT2D eigenvalue weighted by Gasteiger charge is -2.27. The number of nitro groups is 1. The second-order valence-electron chi connectivity index (χ2n) is 5.59. The van der Waals surface area contributed by atoms with E-state index in [0.29, 0.717) is 0 Å². The van der Waals surface area contributed by atoms with Crippen LogP contribution in [0.3, 0.4) is 0 Å². The van der Waals surface area contributed by atoms with Gasteiger partial charge < -0.3 is 20.1 Å². The molecule has 3 rings (SSSR count). The third-order valence-corrected chi connectivity index (χ3v) is 4.08. The molecule has 130 valence electrons. The second-order valence-corrected chi connectivity index (χ2v) is 5.59. The van der Waals surface area contributed by atoms with Crippen LogP contribution in [-0.2, 0) is 4.74 Å². The van der Waals surface area contributed by atoms with E-state index in [9.17, 15) is 25.4 Å². The fourth-order valence-electron chi connectivity index (χ4n) is 2.86. The first-order valence-corrected chi connectivity index (χ1v) is 6.89. The van der Waals surface area contributed by atoms with Gasteiger partial charge in [0, 0.05) is 0 Å². The van der Waals surface area contributed by atoms with Crippen molar-refractivity contribution in [3.63, 3.8) is 0 Å². The highest BCUT2D eigenvalue weighted by Gasteiger charge is 2.53. The maximum Gasteiger partial charge on any atom is 0.300 e. The molecule has 1 saturated heterocycles. The maximum absolute atomic E-state index is 11.3. The molecule has 1 aliphatic heterocycles. The van der Waals surface area contributed by atoms with Gasteiger partial charge in [-0.15, -0.1) is 0 Å². The minimum Gasteiger partial charge on any atom is -0.394 e. The van der Waals surface area contributed by atoms with Crippen LogP contribution in [0.1, 0.15) is 13.2 Å². The van der Waals surface area contributed by atoms with Gasteiger partial charge in [0.25, 0.3) is 5.69 Å². The van der Waals surface area contributed by atoms with E-state index in [-0.39, 0.29) is 16.9 Å². The molecular formula is C12H15N5O7. The molecule has 0 saturated carbocycles. The molecule has 4 atom stereocenters. The summed E-state index contributed by atoms with van der Waals surface area (Å²) < 4.78 is 6.61. The number of aliphatic hydroxyl groups is 3. The number of rotatable bonds is 4. The summed E-state index contributed by atoms with van der Waals surface area (Å²) in [4.78, 5) is 18.2. The highest BCUT2D eigenvalue weighted by atomic mass is 16.6. The van der Waals surface area contributed by atoms with Crippen LogP contribution in [0.25, 0.3) is 11.0 Å². The molecule has 1 aliphatic rings. The van der Waals surface area contributed by atoms with Crippen molar-refractivity contribution in [3.05, 3.63) is 22.6 Å². The van der Waals surface area contributed by atoms with Gasteiger partial charge in [-0.3, -0.25) is 25.4 Å². The fourth-order valence-corrected chi connectivity index (χ4v) is 2.86. The molecule has 2 aromatic heterocycles. The molecule has 5 N–H and O–H groups in total. The minimum atomic E-state index is -1.84. The average Bonchev–Trinajstić information content (AvgIpc) is 3.04. The van der Waals surface area contributed by atoms with Gasteiger partial charge in [0.1, 0.15) is 29.5 Å². The fraction of sp³-hybridized carbons (Fsp3) is 0.500. The molecule has 0 amide bonds. The molecule has 0 aromatic carbocycles. The lowest BCUT2D eigenvalue weighted by atomic mass is 9.96.